The van der Waals surface area contributed by atoms with Crippen LogP contribution in [-0.2, 0) is 16.1 Å². The lowest BCUT2D eigenvalue weighted by Crippen LogP contribution is -3.16. The summed E-state index contributed by atoms with van der Waals surface area (Å²) in [6.07, 6.45) is 0. The van der Waals surface area contributed by atoms with Crippen LogP contribution < -0.4 is 15.1 Å². The molecule has 2 amide bonds. The second kappa shape index (κ2) is 10.5. The minimum Gasteiger partial charge on any atom is -0.327 e. The molecular weight excluding hydrogens is 395 g/mol. The number of nitrogens with one attached hydrogen (secondary N) is 3. The largest absolute Gasteiger partial charge is 0.327 e. The van der Waals surface area contributed by atoms with Crippen molar-refractivity contribution in [1.82, 2.24) is 4.90 Å². The number of benzene rings is 2. The fourth-order valence-electron chi connectivity index (χ4n) is 4.10. The molecule has 3 rings (SSSR count). The number of quaternary nitrogens is 2. The lowest BCUT2D eigenvalue weighted by Gasteiger charge is -2.32. The molecule has 1 saturated heterocycles. The van der Waals surface area contributed by atoms with Crippen molar-refractivity contribution in [1.29, 1.82) is 0 Å². The Hall–Kier alpha value is -2.77. The molecule has 31 heavy (non-hydrogen) atoms. The maximum absolute atomic E-state index is 13.3. The van der Waals surface area contributed by atoms with Crippen LogP contribution >= 0.6 is 0 Å². The second-order valence-corrected chi connectivity index (χ2v) is 8.56. The van der Waals surface area contributed by atoms with Crippen molar-refractivity contribution in [3.05, 3.63) is 65.0 Å². The molecule has 1 aliphatic heterocycles. The monoisotopic (exact) mass is 428 g/mol. The number of halogens is 1. The Labute approximate surface area is 183 Å². The van der Waals surface area contributed by atoms with Crippen LogP contribution in [0.25, 0.3) is 0 Å². The number of carbonyl (C=O) groups excluding carboxylic acids is 2. The van der Waals surface area contributed by atoms with Crippen molar-refractivity contribution in [3.63, 3.8) is 0 Å². The minimum absolute atomic E-state index is 0.00597. The Morgan fingerprint density at radius 1 is 1.10 bits per heavy atom. The predicted molar refractivity (Wildman–Crippen MR) is 119 cm³/mol. The number of anilines is 1. The van der Waals surface area contributed by atoms with E-state index < -0.39 is 0 Å². The first-order chi connectivity index (χ1) is 14.8. The van der Waals surface area contributed by atoms with Crippen molar-refractivity contribution < 1.29 is 23.8 Å². The summed E-state index contributed by atoms with van der Waals surface area (Å²) >= 11 is 0. The van der Waals surface area contributed by atoms with Crippen molar-refractivity contribution in [3.8, 4) is 0 Å². The zero-order chi connectivity index (χ0) is 22.4. The van der Waals surface area contributed by atoms with Gasteiger partial charge in [-0.3, -0.25) is 9.59 Å². The Balaban J connectivity index is 1.42. The number of carbonyl (C=O) groups is 2. The number of aryl methyl sites for hydroxylation is 2. The zero-order valence-electron chi connectivity index (χ0n) is 18.6. The van der Waals surface area contributed by atoms with E-state index in [0.29, 0.717) is 32.7 Å². The van der Waals surface area contributed by atoms with Crippen LogP contribution in [-0.4, -0.2) is 63.0 Å². The lowest BCUT2D eigenvalue weighted by atomic mass is 10.1. The predicted octanol–water partition coefficient (Wildman–Crippen LogP) is -0.177. The average molecular weight is 429 g/mol. The molecule has 1 fully saturated rings. The van der Waals surface area contributed by atoms with Crippen molar-refractivity contribution in [2.75, 3.05) is 51.6 Å². The fourth-order valence-corrected chi connectivity index (χ4v) is 4.10. The summed E-state index contributed by atoms with van der Waals surface area (Å²) in [4.78, 5) is 29.2. The van der Waals surface area contributed by atoms with E-state index >= 15 is 0 Å². The molecule has 3 N–H and O–H groups in total. The van der Waals surface area contributed by atoms with Gasteiger partial charge in [0.2, 0.25) is 0 Å². The molecule has 166 valence electrons. The highest BCUT2D eigenvalue weighted by Crippen LogP contribution is 2.18. The first-order valence-corrected chi connectivity index (χ1v) is 10.8. The highest BCUT2D eigenvalue weighted by atomic mass is 19.1. The summed E-state index contributed by atoms with van der Waals surface area (Å²) in [5.74, 6) is -0.142. The summed E-state index contributed by atoms with van der Waals surface area (Å²) in [7, 11) is 1.95. The molecular formula is C24H33FN4O2+2. The van der Waals surface area contributed by atoms with E-state index in [4.69, 9.17) is 0 Å². The number of piperazine rings is 1. The maximum Gasteiger partial charge on any atom is 0.279 e. The van der Waals surface area contributed by atoms with Gasteiger partial charge in [0.1, 0.15) is 12.4 Å². The van der Waals surface area contributed by atoms with Crippen molar-refractivity contribution in [2.45, 2.75) is 20.4 Å². The van der Waals surface area contributed by atoms with Gasteiger partial charge in [0.05, 0.1) is 33.2 Å². The second-order valence-electron chi connectivity index (χ2n) is 8.56. The smallest absolute Gasteiger partial charge is 0.279 e. The van der Waals surface area contributed by atoms with Gasteiger partial charge >= 0.3 is 0 Å². The molecule has 1 aliphatic rings. The number of nitrogens with zero attached hydrogens (tertiary/aromatic N) is 1. The van der Waals surface area contributed by atoms with Gasteiger partial charge in [-0.15, -0.1) is 0 Å². The van der Waals surface area contributed by atoms with Crippen LogP contribution in [0.15, 0.2) is 42.5 Å². The van der Waals surface area contributed by atoms with E-state index in [1.807, 2.05) is 50.1 Å². The first-order valence-electron chi connectivity index (χ1n) is 10.8. The summed E-state index contributed by atoms with van der Waals surface area (Å²) in [5, 5.41) is 3.04. The third kappa shape index (κ3) is 6.60. The van der Waals surface area contributed by atoms with Gasteiger partial charge in [-0.25, -0.2) is 4.39 Å². The van der Waals surface area contributed by atoms with Crippen LogP contribution in [0.1, 0.15) is 16.7 Å². The molecule has 0 saturated carbocycles. The van der Waals surface area contributed by atoms with Gasteiger partial charge in [0.25, 0.3) is 11.8 Å². The molecule has 0 aromatic heterocycles. The molecule has 2 aromatic carbocycles. The topological polar surface area (TPSA) is 58.3 Å². The van der Waals surface area contributed by atoms with Crippen LogP contribution in [0.3, 0.4) is 0 Å². The molecule has 1 unspecified atom stereocenters. The zero-order valence-corrected chi connectivity index (χ0v) is 18.6. The number of hydrogen-bond donors (Lipinski definition) is 3. The maximum atomic E-state index is 13.3. The standard InChI is InChI=1S/C24H31FN4O2/c1-18-6-4-7-19(2)24(18)26-22(30)16-28-10-12-29(13-11-28)23(31)17-27(3)15-20-8-5-9-21(25)14-20/h4-9,14H,10-13,15-17H2,1-3H3,(H,26,30)/p+2. The van der Waals surface area contributed by atoms with Crippen LogP contribution in [0.5, 0.6) is 0 Å². The molecule has 2 aromatic rings. The molecule has 0 spiro atoms. The van der Waals surface area contributed by atoms with E-state index in [1.165, 1.54) is 17.0 Å². The summed E-state index contributed by atoms with van der Waals surface area (Å²) in [6.45, 7) is 8.19. The SMILES string of the molecule is Cc1cccc(C)c1NC(=O)C[NH+]1CCN(C(=O)C[NH+](C)Cc2cccc(F)c2)CC1. The van der Waals surface area contributed by atoms with Crippen LogP contribution in [0.2, 0.25) is 0 Å². The number of hydrogen-bond acceptors (Lipinski definition) is 2. The molecule has 6 nitrogen and oxygen atoms in total. The summed E-state index contributed by atoms with van der Waals surface area (Å²) < 4.78 is 13.3. The highest BCUT2D eigenvalue weighted by molar-refractivity contribution is 5.93. The van der Waals surface area contributed by atoms with Gasteiger partial charge < -0.3 is 20.0 Å². The van der Waals surface area contributed by atoms with Crippen molar-refractivity contribution >= 4 is 17.5 Å². The lowest BCUT2D eigenvalue weighted by molar-refractivity contribution is -0.896. The normalized spacial score (nSPS) is 15.5. The number of likely N-dealkylation sites (N-methyl/N-ethyl adjacent to an activating group) is 1. The first kappa shape index (κ1) is 22.9. The van der Waals surface area contributed by atoms with Crippen LogP contribution in [0, 0.1) is 19.7 Å². The molecule has 1 heterocycles. The van der Waals surface area contributed by atoms with Gasteiger partial charge in [-0.05, 0) is 37.1 Å². The Kier molecular flexibility index (Phi) is 7.76. The van der Waals surface area contributed by atoms with E-state index in [0.717, 1.165) is 40.4 Å². The molecule has 0 aliphatic carbocycles. The number of amides is 2. The molecule has 0 bridgehead atoms. The quantitative estimate of drug-likeness (QED) is 0.573. The van der Waals surface area contributed by atoms with Gasteiger partial charge in [-0.1, -0.05) is 30.3 Å². The summed E-state index contributed by atoms with van der Waals surface area (Å²) in [6, 6.07) is 12.5. The fraction of sp³-hybridized carbons (Fsp3) is 0.417. The molecule has 1 atom stereocenters. The third-order valence-corrected chi connectivity index (χ3v) is 5.83. The van der Waals surface area contributed by atoms with Gasteiger partial charge in [-0.2, -0.15) is 0 Å². The van der Waals surface area contributed by atoms with Crippen molar-refractivity contribution in [2.24, 2.45) is 0 Å². The van der Waals surface area contributed by atoms with Gasteiger partial charge in [0, 0.05) is 11.3 Å². The third-order valence-electron chi connectivity index (χ3n) is 5.83. The van der Waals surface area contributed by atoms with E-state index in [9.17, 15) is 14.0 Å². The highest BCUT2D eigenvalue weighted by Gasteiger charge is 2.27. The Morgan fingerprint density at radius 3 is 2.39 bits per heavy atom. The molecule has 7 heteroatoms. The van der Waals surface area contributed by atoms with E-state index in [-0.39, 0.29) is 17.6 Å². The van der Waals surface area contributed by atoms with E-state index in [2.05, 4.69) is 5.32 Å². The number of para-hydroxylation sites is 1. The van der Waals surface area contributed by atoms with Crippen LogP contribution in [0.4, 0.5) is 10.1 Å². The molecule has 0 radical (unpaired) electrons. The average Bonchev–Trinajstić information content (AvgIpc) is 2.71. The Bertz CT molecular complexity index is 905. The number of rotatable bonds is 7. The summed E-state index contributed by atoms with van der Waals surface area (Å²) in [5.41, 5.74) is 3.90. The van der Waals surface area contributed by atoms with E-state index in [1.54, 1.807) is 6.07 Å². The van der Waals surface area contributed by atoms with Gasteiger partial charge in [0.15, 0.2) is 13.1 Å². The minimum atomic E-state index is -0.252. The Morgan fingerprint density at radius 2 is 1.74 bits per heavy atom.